The van der Waals surface area contributed by atoms with E-state index in [9.17, 15) is 4.79 Å². The van der Waals surface area contributed by atoms with E-state index in [1.165, 1.54) is 6.92 Å². The monoisotopic (exact) mass is 251 g/mol. The molecule has 0 radical (unpaired) electrons. The molecule has 1 unspecified atom stereocenters. The molecule has 0 amide bonds. The van der Waals surface area contributed by atoms with E-state index in [0.29, 0.717) is 13.0 Å². The molecule has 3 nitrogen and oxygen atoms in total. The highest BCUT2D eigenvalue weighted by atomic mass is 16.6. The predicted octanol–water partition coefficient (Wildman–Crippen LogP) is 2.62. The minimum atomic E-state index is -0.701. The lowest BCUT2D eigenvalue weighted by molar-refractivity contribution is -0.150. The number of nitrogens with zero attached hydrogens (tertiary/aromatic N) is 1. The third-order valence-electron chi connectivity index (χ3n) is 2.74. The van der Waals surface area contributed by atoms with E-state index in [2.05, 4.69) is 37.2 Å². The molecule has 0 saturated carbocycles. The van der Waals surface area contributed by atoms with Gasteiger partial charge in [0.15, 0.2) is 5.60 Å². The Kier molecular flexibility index (Phi) is 8.15. The van der Waals surface area contributed by atoms with E-state index < -0.39 is 5.60 Å². The Labute approximate surface area is 111 Å². The highest BCUT2D eigenvalue weighted by Gasteiger charge is 2.23. The van der Waals surface area contributed by atoms with Gasteiger partial charge in [0, 0.05) is 13.3 Å². The Morgan fingerprint density at radius 1 is 1.44 bits per heavy atom. The Bertz CT molecular complexity index is 323. The lowest BCUT2D eigenvalue weighted by atomic mass is 10.0. The first-order chi connectivity index (χ1) is 8.47. The molecular formula is C15H25NO2. The van der Waals surface area contributed by atoms with Crippen LogP contribution in [-0.2, 0) is 9.53 Å². The molecule has 0 fully saturated rings. The van der Waals surface area contributed by atoms with Crippen LogP contribution in [0.2, 0.25) is 0 Å². The fourth-order valence-corrected chi connectivity index (χ4v) is 1.62. The molecule has 0 aromatic heterocycles. The average molecular weight is 251 g/mol. The lowest BCUT2D eigenvalue weighted by Crippen LogP contribution is -2.30. The van der Waals surface area contributed by atoms with Crippen molar-refractivity contribution in [1.29, 1.82) is 0 Å². The van der Waals surface area contributed by atoms with Crippen molar-refractivity contribution in [2.24, 2.45) is 0 Å². The number of esters is 1. The zero-order valence-corrected chi connectivity index (χ0v) is 12.1. The van der Waals surface area contributed by atoms with Gasteiger partial charge in [-0.25, -0.2) is 0 Å². The van der Waals surface area contributed by atoms with Crippen LogP contribution in [0.3, 0.4) is 0 Å². The first-order valence-electron chi connectivity index (χ1n) is 6.50. The first-order valence-corrected chi connectivity index (χ1v) is 6.50. The summed E-state index contributed by atoms with van der Waals surface area (Å²) in [4.78, 5) is 13.3. The minimum Gasteiger partial charge on any atom is -0.446 e. The normalized spacial score (nSPS) is 13.4. The smallest absolute Gasteiger partial charge is 0.304 e. The lowest BCUT2D eigenvalue weighted by Gasteiger charge is -2.23. The van der Waals surface area contributed by atoms with Crippen molar-refractivity contribution in [2.75, 3.05) is 19.6 Å². The Morgan fingerprint density at radius 3 is 2.50 bits per heavy atom. The van der Waals surface area contributed by atoms with Crippen molar-refractivity contribution in [3.63, 3.8) is 0 Å². The molecule has 0 aliphatic rings. The van der Waals surface area contributed by atoms with Gasteiger partial charge in [0.1, 0.15) is 0 Å². The summed E-state index contributed by atoms with van der Waals surface area (Å²) in [6.45, 7) is 13.8. The number of carbonyl (C=O) groups excluding carboxylic acids is 1. The van der Waals surface area contributed by atoms with Crippen LogP contribution in [0.25, 0.3) is 0 Å². The fraction of sp³-hybridized carbons (Fsp3) is 0.667. The van der Waals surface area contributed by atoms with Crippen molar-refractivity contribution in [3.05, 3.63) is 12.7 Å². The predicted molar refractivity (Wildman–Crippen MR) is 75.2 cm³/mol. The van der Waals surface area contributed by atoms with E-state index in [1.54, 1.807) is 0 Å². The number of allylic oxidation sites excluding steroid dienone is 1. The number of ether oxygens (including phenoxy) is 1. The molecule has 0 bridgehead atoms. The summed E-state index contributed by atoms with van der Waals surface area (Å²) in [5.41, 5.74) is -0.701. The molecular weight excluding hydrogens is 226 g/mol. The molecule has 0 aromatic carbocycles. The Morgan fingerprint density at radius 2 is 2.06 bits per heavy atom. The summed E-state index contributed by atoms with van der Waals surface area (Å²) in [6, 6.07) is 0. The second-order valence-corrected chi connectivity index (χ2v) is 4.42. The number of carbonyl (C=O) groups is 1. The maximum absolute atomic E-state index is 11.1. The second-order valence-electron chi connectivity index (χ2n) is 4.42. The SMILES string of the molecule is C=CCCC(C)(C#CCN(CC)CC)OC(C)=O. The van der Waals surface area contributed by atoms with Gasteiger partial charge in [0.25, 0.3) is 0 Å². The van der Waals surface area contributed by atoms with Crippen molar-refractivity contribution >= 4 is 5.97 Å². The Balaban J connectivity index is 4.61. The third-order valence-corrected chi connectivity index (χ3v) is 2.74. The van der Waals surface area contributed by atoms with Gasteiger partial charge in [-0.2, -0.15) is 0 Å². The second kappa shape index (κ2) is 8.77. The molecule has 0 aliphatic heterocycles. The van der Waals surface area contributed by atoms with Crippen LogP contribution in [-0.4, -0.2) is 36.1 Å². The molecule has 0 spiro atoms. The molecule has 0 saturated heterocycles. The minimum absolute atomic E-state index is 0.293. The standard InChI is InChI=1S/C15H25NO2/c1-6-9-11-15(5,18-14(4)17)12-10-13-16(7-2)8-3/h6H,1,7-9,11,13H2,2-5H3. The zero-order valence-electron chi connectivity index (χ0n) is 12.1. The summed E-state index contributed by atoms with van der Waals surface area (Å²) in [6.07, 6.45) is 3.28. The van der Waals surface area contributed by atoms with Crippen molar-refractivity contribution < 1.29 is 9.53 Å². The van der Waals surface area contributed by atoms with Crippen molar-refractivity contribution in [1.82, 2.24) is 4.90 Å². The van der Waals surface area contributed by atoms with Crippen LogP contribution < -0.4 is 0 Å². The maximum Gasteiger partial charge on any atom is 0.304 e. The first kappa shape index (κ1) is 16.7. The summed E-state index contributed by atoms with van der Waals surface area (Å²) in [5.74, 6) is 5.89. The quantitative estimate of drug-likeness (QED) is 0.396. The number of hydrogen-bond donors (Lipinski definition) is 0. The van der Waals surface area contributed by atoms with E-state index in [4.69, 9.17) is 4.74 Å². The summed E-state index contributed by atoms with van der Waals surface area (Å²) in [7, 11) is 0. The molecule has 0 N–H and O–H groups in total. The fourth-order valence-electron chi connectivity index (χ4n) is 1.62. The van der Waals surface area contributed by atoms with Gasteiger partial charge < -0.3 is 4.74 Å². The summed E-state index contributed by atoms with van der Waals surface area (Å²) < 4.78 is 5.31. The average Bonchev–Trinajstić information content (AvgIpc) is 2.31. The molecule has 102 valence electrons. The maximum atomic E-state index is 11.1. The molecule has 18 heavy (non-hydrogen) atoms. The zero-order chi connectivity index (χ0) is 14.0. The van der Waals surface area contributed by atoms with E-state index in [0.717, 1.165) is 19.5 Å². The van der Waals surface area contributed by atoms with Crippen LogP contribution >= 0.6 is 0 Å². The van der Waals surface area contributed by atoms with Gasteiger partial charge in [0.05, 0.1) is 6.54 Å². The molecule has 0 rings (SSSR count). The highest BCUT2D eigenvalue weighted by molar-refractivity contribution is 5.67. The van der Waals surface area contributed by atoms with Gasteiger partial charge in [-0.05, 0) is 26.4 Å². The summed E-state index contributed by atoms with van der Waals surface area (Å²) in [5, 5.41) is 0. The molecule has 0 aliphatic carbocycles. The van der Waals surface area contributed by atoms with Gasteiger partial charge in [0.2, 0.25) is 0 Å². The number of rotatable bonds is 7. The van der Waals surface area contributed by atoms with Crippen LogP contribution in [0.15, 0.2) is 12.7 Å². The van der Waals surface area contributed by atoms with Gasteiger partial charge in [-0.15, -0.1) is 6.58 Å². The van der Waals surface area contributed by atoms with Crippen LogP contribution in [0.5, 0.6) is 0 Å². The van der Waals surface area contributed by atoms with E-state index >= 15 is 0 Å². The van der Waals surface area contributed by atoms with E-state index in [1.807, 2.05) is 13.0 Å². The molecule has 3 heteroatoms. The molecule has 0 aromatic rings. The highest BCUT2D eigenvalue weighted by Crippen LogP contribution is 2.17. The van der Waals surface area contributed by atoms with Crippen LogP contribution in [0.1, 0.15) is 40.5 Å². The van der Waals surface area contributed by atoms with Crippen molar-refractivity contribution in [3.8, 4) is 11.8 Å². The van der Waals surface area contributed by atoms with Gasteiger partial charge >= 0.3 is 5.97 Å². The van der Waals surface area contributed by atoms with Crippen molar-refractivity contribution in [2.45, 2.75) is 46.1 Å². The van der Waals surface area contributed by atoms with Crippen LogP contribution in [0.4, 0.5) is 0 Å². The molecule has 0 heterocycles. The molecule has 1 atom stereocenters. The van der Waals surface area contributed by atoms with E-state index in [-0.39, 0.29) is 5.97 Å². The largest absolute Gasteiger partial charge is 0.446 e. The third kappa shape index (κ3) is 7.13. The van der Waals surface area contributed by atoms with Gasteiger partial charge in [-0.3, -0.25) is 9.69 Å². The number of hydrogen-bond acceptors (Lipinski definition) is 3. The topological polar surface area (TPSA) is 29.5 Å². The van der Waals surface area contributed by atoms with Crippen LogP contribution in [0, 0.1) is 11.8 Å². The van der Waals surface area contributed by atoms with Gasteiger partial charge in [-0.1, -0.05) is 31.8 Å². The summed E-state index contributed by atoms with van der Waals surface area (Å²) >= 11 is 0. The Hall–Kier alpha value is -1.27.